The summed E-state index contributed by atoms with van der Waals surface area (Å²) < 4.78 is 31.5. The van der Waals surface area contributed by atoms with Gasteiger partial charge < -0.3 is 14.2 Å². The number of aromatic nitrogens is 4. The number of imidazole rings is 1. The van der Waals surface area contributed by atoms with Gasteiger partial charge in [0.15, 0.2) is 11.6 Å². The van der Waals surface area contributed by atoms with Crippen LogP contribution in [-0.2, 0) is 23.1 Å². The number of anilines is 1. The summed E-state index contributed by atoms with van der Waals surface area (Å²) in [4.78, 5) is 34.2. The van der Waals surface area contributed by atoms with E-state index in [0.29, 0.717) is 52.8 Å². The first-order valence-electron chi connectivity index (χ1n) is 13.0. The summed E-state index contributed by atoms with van der Waals surface area (Å²) in [5.74, 6) is 0.539. The Morgan fingerprint density at radius 1 is 1.13 bits per heavy atom. The minimum Gasteiger partial charge on any atom is -0.478 e. The summed E-state index contributed by atoms with van der Waals surface area (Å²) in [5, 5.41) is 10.5. The minimum absolute atomic E-state index is 0.0423. The summed E-state index contributed by atoms with van der Waals surface area (Å²) >= 11 is 0. The molecule has 11 heteroatoms. The van der Waals surface area contributed by atoms with Crippen LogP contribution in [0.15, 0.2) is 30.3 Å². The van der Waals surface area contributed by atoms with Crippen LogP contribution in [0, 0.1) is 5.92 Å². The van der Waals surface area contributed by atoms with Crippen LogP contribution >= 0.6 is 0 Å². The van der Waals surface area contributed by atoms with Crippen LogP contribution in [-0.4, -0.2) is 56.2 Å². The van der Waals surface area contributed by atoms with Gasteiger partial charge >= 0.3 is 5.97 Å². The summed E-state index contributed by atoms with van der Waals surface area (Å²) in [6.45, 7) is 3.10. The number of carboxylic acid groups (broad SMARTS) is 1. The maximum Gasteiger partial charge on any atom is 0.335 e. The lowest BCUT2D eigenvalue weighted by atomic mass is 10.00. The lowest BCUT2D eigenvalue weighted by molar-refractivity contribution is 0.0697. The molecule has 1 saturated heterocycles. The number of benzene rings is 1. The largest absolute Gasteiger partial charge is 0.478 e. The second-order valence-corrected chi connectivity index (χ2v) is 12.7. The second-order valence-electron chi connectivity index (χ2n) is 10.7. The third-order valence-electron chi connectivity index (χ3n) is 8.00. The van der Waals surface area contributed by atoms with Crippen molar-refractivity contribution in [2.24, 2.45) is 5.92 Å². The number of sulfonamides is 1. The molecule has 7 rings (SSSR count). The number of carbonyl (C=O) groups is 2. The molecule has 0 bridgehead atoms. The van der Waals surface area contributed by atoms with E-state index in [0.717, 1.165) is 36.9 Å². The maximum absolute atomic E-state index is 12.9. The van der Waals surface area contributed by atoms with Gasteiger partial charge in [-0.1, -0.05) is 0 Å². The fourth-order valence-electron chi connectivity index (χ4n) is 5.95. The van der Waals surface area contributed by atoms with E-state index in [9.17, 15) is 23.1 Å². The SMILES string of the molecule is C[C@H]1CCCS(=O)(=O)N1c1ccc2cc(-c3nc4cc(C(=O)O)cc5c4n3CCC5=O)n(CC3CC3)c2n1. The molecule has 196 valence electrons. The average molecular weight is 534 g/mol. The smallest absolute Gasteiger partial charge is 0.335 e. The summed E-state index contributed by atoms with van der Waals surface area (Å²) in [6, 6.07) is 8.51. The van der Waals surface area contributed by atoms with Crippen LogP contribution in [0.3, 0.4) is 0 Å². The van der Waals surface area contributed by atoms with Gasteiger partial charge in [0.1, 0.15) is 11.5 Å². The van der Waals surface area contributed by atoms with Crippen molar-refractivity contribution < 1.29 is 23.1 Å². The zero-order valence-corrected chi connectivity index (χ0v) is 21.7. The molecular weight excluding hydrogens is 506 g/mol. The molecule has 38 heavy (non-hydrogen) atoms. The zero-order valence-electron chi connectivity index (χ0n) is 20.9. The zero-order chi connectivity index (χ0) is 26.3. The molecule has 2 fully saturated rings. The topological polar surface area (TPSA) is 127 Å². The van der Waals surface area contributed by atoms with Crippen LogP contribution in [0.1, 0.15) is 59.7 Å². The van der Waals surface area contributed by atoms with Gasteiger partial charge in [-0.05, 0) is 68.9 Å². The molecule has 0 radical (unpaired) electrons. The van der Waals surface area contributed by atoms with Crippen molar-refractivity contribution in [2.75, 3.05) is 10.1 Å². The number of Topliss-reactive ketones (excluding diaryl/α,β-unsaturated/α-hetero) is 1. The number of carbonyl (C=O) groups excluding carboxylic acids is 1. The molecule has 1 atom stereocenters. The number of carboxylic acids is 1. The van der Waals surface area contributed by atoms with Crippen molar-refractivity contribution in [1.29, 1.82) is 0 Å². The molecule has 3 aromatic heterocycles. The first-order chi connectivity index (χ1) is 18.2. The third-order valence-corrected chi connectivity index (χ3v) is 9.95. The Balaban J connectivity index is 1.44. The van der Waals surface area contributed by atoms with E-state index in [4.69, 9.17) is 9.97 Å². The predicted molar refractivity (Wildman–Crippen MR) is 142 cm³/mol. The minimum atomic E-state index is -3.44. The van der Waals surface area contributed by atoms with Crippen molar-refractivity contribution in [3.63, 3.8) is 0 Å². The second kappa shape index (κ2) is 8.13. The molecule has 5 heterocycles. The molecule has 10 nitrogen and oxygen atoms in total. The van der Waals surface area contributed by atoms with Crippen LogP contribution in [0.5, 0.6) is 0 Å². The Morgan fingerprint density at radius 2 is 1.95 bits per heavy atom. The highest BCUT2D eigenvalue weighted by atomic mass is 32.2. The highest BCUT2D eigenvalue weighted by Gasteiger charge is 2.34. The van der Waals surface area contributed by atoms with Crippen molar-refractivity contribution in [1.82, 2.24) is 19.1 Å². The number of nitrogens with zero attached hydrogens (tertiary/aromatic N) is 5. The monoisotopic (exact) mass is 533 g/mol. The highest BCUT2D eigenvalue weighted by Crippen LogP contribution is 2.39. The lowest BCUT2D eigenvalue weighted by Crippen LogP contribution is -2.44. The predicted octanol–water partition coefficient (Wildman–Crippen LogP) is 4.07. The van der Waals surface area contributed by atoms with Gasteiger partial charge in [0, 0.05) is 36.5 Å². The van der Waals surface area contributed by atoms with E-state index < -0.39 is 16.0 Å². The molecule has 1 saturated carbocycles. The van der Waals surface area contributed by atoms with Crippen LogP contribution < -0.4 is 4.31 Å². The molecule has 1 N–H and O–H groups in total. The number of hydrogen-bond acceptors (Lipinski definition) is 6. The summed E-state index contributed by atoms with van der Waals surface area (Å²) in [5.41, 5.74) is 3.11. The standard InChI is InChI=1S/C27H27N5O5S/c1-15-3-2-10-38(36,37)32(15)23-7-6-17-13-21(31(25(17)29-23)14-16-4-5-16)26-28-20-12-18(27(34)35)11-19-22(33)8-9-30(26)24(19)20/h6-7,11-13,15-16H,2-5,8-10,14H2,1H3,(H,34,35)/t15-/m0/s1. The third kappa shape index (κ3) is 3.55. The first-order valence-corrected chi connectivity index (χ1v) is 14.7. The fraction of sp³-hybridized carbons (Fsp3) is 0.407. The van der Waals surface area contributed by atoms with Crippen molar-refractivity contribution in [2.45, 2.75) is 58.2 Å². The molecule has 2 aliphatic heterocycles. The normalized spacial score (nSPS) is 20.9. The number of ketones is 1. The maximum atomic E-state index is 12.9. The van der Waals surface area contributed by atoms with Gasteiger partial charge in [0.05, 0.1) is 28.0 Å². The van der Waals surface area contributed by atoms with E-state index in [-0.39, 0.29) is 29.6 Å². The molecule has 0 unspecified atom stereocenters. The molecule has 4 aromatic rings. The Morgan fingerprint density at radius 3 is 2.68 bits per heavy atom. The number of fused-ring (bicyclic) bond motifs is 1. The first kappa shape index (κ1) is 23.4. The number of aromatic carboxylic acids is 1. The molecule has 0 amide bonds. The van der Waals surface area contributed by atoms with Crippen molar-refractivity contribution in [3.05, 3.63) is 41.5 Å². The van der Waals surface area contributed by atoms with Gasteiger partial charge in [0.25, 0.3) is 0 Å². The Hall–Kier alpha value is -3.73. The number of aryl methyl sites for hydroxylation is 1. The quantitative estimate of drug-likeness (QED) is 0.410. The highest BCUT2D eigenvalue weighted by molar-refractivity contribution is 7.92. The van der Waals surface area contributed by atoms with Crippen molar-refractivity contribution in [3.8, 4) is 11.5 Å². The Bertz CT molecular complexity index is 1780. The van der Waals surface area contributed by atoms with E-state index >= 15 is 0 Å². The van der Waals surface area contributed by atoms with Gasteiger partial charge in [-0.3, -0.25) is 9.10 Å². The summed E-state index contributed by atoms with van der Waals surface area (Å²) in [7, 11) is -3.44. The number of hydrogen-bond donors (Lipinski definition) is 1. The van der Waals surface area contributed by atoms with E-state index in [2.05, 4.69) is 4.57 Å². The van der Waals surface area contributed by atoms with Gasteiger partial charge in [-0.2, -0.15) is 0 Å². The van der Waals surface area contributed by atoms with Crippen LogP contribution in [0.2, 0.25) is 0 Å². The lowest BCUT2D eigenvalue weighted by Gasteiger charge is -2.33. The average Bonchev–Trinajstić information content (AvgIpc) is 3.52. The van der Waals surface area contributed by atoms with Crippen LogP contribution in [0.4, 0.5) is 5.82 Å². The van der Waals surface area contributed by atoms with Gasteiger partial charge in [0.2, 0.25) is 10.0 Å². The van der Waals surface area contributed by atoms with Gasteiger partial charge in [-0.25, -0.2) is 23.2 Å². The van der Waals surface area contributed by atoms with E-state index in [1.807, 2.05) is 23.6 Å². The number of pyridine rings is 1. The van der Waals surface area contributed by atoms with Gasteiger partial charge in [-0.15, -0.1) is 0 Å². The van der Waals surface area contributed by atoms with Crippen LogP contribution in [0.25, 0.3) is 33.6 Å². The molecular formula is C27H27N5O5S. The molecule has 0 spiro atoms. The number of rotatable bonds is 5. The Labute approximate surface area is 218 Å². The van der Waals surface area contributed by atoms with E-state index in [1.165, 1.54) is 16.4 Å². The fourth-order valence-corrected chi connectivity index (χ4v) is 7.72. The molecule has 1 aromatic carbocycles. The Kier molecular flexibility index (Phi) is 5.01. The van der Waals surface area contributed by atoms with E-state index in [1.54, 1.807) is 6.07 Å². The summed E-state index contributed by atoms with van der Waals surface area (Å²) in [6.07, 6.45) is 3.94. The molecule has 1 aliphatic carbocycles. The molecule has 3 aliphatic rings. The van der Waals surface area contributed by atoms with Crippen molar-refractivity contribution >= 4 is 49.7 Å².